The quantitative estimate of drug-likeness (QED) is 0.121. The molecule has 4 fully saturated rings. The van der Waals surface area contributed by atoms with E-state index in [2.05, 4.69) is 57.2 Å². The number of hydrogen-bond acceptors (Lipinski definition) is 11. The normalized spacial score (nSPS) is 24.4. The highest BCUT2D eigenvalue weighted by molar-refractivity contribution is 7.90. The van der Waals surface area contributed by atoms with Crippen molar-refractivity contribution >= 4 is 33.0 Å². The first-order chi connectivity index (χ1) is 26.7. The summed E-state index contributed by atoms with van der Waals surface area (Å²) in [5, 5.41) is 28.8. The molecule has 13 nitrogen and oxygen atoms in total. The average Bonchev–Trinajstić information content (AvgIpc) is 3.16. The Hall–Kier alpha value is -4.24. The molecule has 2 heterocycles. The number of nitrogens with one attached hydrogen (secondary N) is 3. The SMILES string of the molecule is CC(C)Oc1ccccc1[C@H]1CNCCN1C1CC2(CCN(c3ccc(C(=O)NS(=O)(=O)c4ccc(NCC5CCC(C)(O)CC5)c([N+](=O)[O-])c4)cc3)CC2)C1. The number of carbonyl (C=O) groups is 1. The lowest BCUT2D eigenvalue weighted by molar-refractivity contribution is -0.384. The Morgan fingerprint density at radius 1 is 1.02 bits per heavy atom. The second-order valence-corrected chi connectivity index (χ2v) is 18.6. The number of anilines is 2. The Balaban J connectivity index is 0.918. The molecule has 2 aliphatic heterocycles. The van der Waals surface area contributed by atoms with Gasteiger partial charge in [-0.05, 0) is 126 Å². The fourth-order valence-electron chi connectivity index (χ4n) is 9.19. The fourth-order valence-corrected chi connectivity index (χ4v) is 10.2. The molecule has 7 rings (SSSR count). The monoisotopic (exact) mass is 788 g/mol. The van der Waals surface area contributed by atoms with Crippen LogP contribution in [-0.4, -0.2) is 86.3 Å². The maximum Gasteiger partial charge on any atom is 0.293 e. The molecule has 4 aliphatic rings. The Morgan fingerprint density at radius 2 is 1.71 bits per heavy atom. The van der Waals surface area contributed by atoms with E-state index in [1.165, 1.54) is 30.5 Å². The molecular weight excluding hydrogens is 733 g/mol. The highest BCUT2D eigenvalue weighted by Gasteiger charge is 2.49. The number of sulfonamides is 1. The van der Waals surface area contributed by atoms with E-state index in [4.69, 9.17) is 4.74 Å². The summed E-state index contributed by atoms with van der Waals surface area (Å²) in [4.78, 5) is 29.1. The largest absolute Gasteiger partial charge is 0.491 e. The number of hydrogen-bond donors (Lipinski definition) is 4. The maximum atomic E-state index is 13.2. The van der Waals surface area contributed by atoms with Crippen LogP contribution < -0.4 is 25.0 Å². The molecule has 1 amide bonds. The molecule has 302 valence electrons. The summed E-state index contributed by atoms with van der Waals surface area (Å²) in [6.45, 7) is 11.2. The molecule has 2 saturated carbocycles. The zero-order valence-corrected chi connectivity index (χ0v) is 33.5. The van der Waals surface area contributed by atoms with Gasteiger partial charge in [0.25, 0.3) is 21.6 Å². The number of carbonyl (C=O) groups excluding carboxylic acids is 1. The fraction of sp³-hybridized carbons (Fsp3) is 0.548. The first kappa shape index (κ1) is 40.0. The van der Waals surface area contributed by atoms with Crippen LogP contribution in [-0.2, 0) is 10.0 Å². The van der Waals surface area contributed by atoms with Crippen molar-refractivity contribution in [1.29, 1.82) is 0 Å². The third-order valence-corrected chi connectivity index (χ3v) is 13.8. The molecule has 0 bridgehead atoms. The van der Waals surface area contributed by atoms with Gasteiger partial charge >= 0.3 is 0 Å². The van der Waals surface area contributed by atoms with E-state index in [-0.39, 0.29) is 39.9 Å². The van der Waals surface area contributed by atoms with Crippen LogP contribution in [0.5, 0.6) is 5.75 Å². The number of piperazine rings is 1. The number of amides is 1. The van der Waals surface area contributed by atoms with Crippen LogP contribution in [0.25, 0.3) is 0 Å². The molecule has 0 radical (unpaired) electrons. The van der Waals surface area contributed by atoms with Crippen LogP contribution >= 0.6 is 0 Å². The Morgan fingerprint density at radius 3 is 2.39 bits per heavy atom. The number of ether oxygens (including phenoxy) is 1. The van der Waals surface area contributed by atoms with Gasteiger partial charge in [0, 0.05) is 68.2 Å². The Kier molecular flexibility index (Phi) is 11.6. The summed E-state index contributed by atoms with van der Waals surface area (Å²) < 4.78 is 34.7. The molecule has 1 atom stereocenters. The van der Waals surface area contributed by atoms with E-state index in [0.29, 0.717) is 30.8 Å². The van der Waals surface area contributed by atoms with Crippen LogP contribution in [0.1, 0.15) is 94.1 Å². The highest BCUT2D eigenvalue weighted by Crippen LogP contribution is 2.53. The third-order valence-electron chi connectivity index (χ3n) is 12.5. The zero-order chi connectivity index (χ0) is 39.7. The lowest BCUT2D eigenvalue weighted by Gasteiger charge is -2.57. The van der Waals surface area contributed by atoms with Crippen molar-refractivity contribution in [2.45, 2.75) is 101 Å². The smallest absolute Gasteiger partial charge is 0.293 e. The number of benzene rings is 3. The van der Waals surface area contributed by atoms with Gasteiger partial charge in [-0.2, -0.15) is 0 Å². The van der Waals surface area contributed by atoms with Crippen molar-refractivity contribution in [3.05, 3.63) is 88.0 Å². The number of rotatable bonds is 12. The van der Waals surface area contributed by atoms with Gasteiger partial charge in [0.15, 0.2) is 0 Å². The summed E-state index contributed by atoms with van der Waals surface area (Å²) in [5.41, 5.74) is 1.88. The molecule has 3 aromatic carbocycles. The topological polar surface area (TPSA) is 166 Å². The van der Waals surface area contributed by atoms with Crippen LogP contribution in [0, 0.1) is 21.4 Å². The van der Waals surface area contributed by atoms with Crippen molar-refractivity contribution in [2.75, 3.05) is 49.5 Å². The highest BCUT2D eigenvalue weighted by atomic mass is 32.2. The molecule has 3 aromatic rings. The van der Waals surface area contributed by atoms with Gasteiger partial charge in [-0.25, -0.2) is 13.1 Å². The van der Waals surface area contributed by atoms with Gasteiger partial charge in [-0.3, -0.25) is 19.8 Å². The summed E-state index contributed by atoms with van der Waals surface area (Å²) in [5.74, 6) is 0.404. The molecule has 0 unspecified atom stereocenters. The van der Waals surface area contributed by atoms with E-state index in [1.807, 2.05) is 25.1 Å². The van der Waals surface area contributed by atoms with E-state index in [9.17, 15) is 28.4 Å². The number of para-hydroxylation sites is 1. The number of aliphatic hydroxyl groups is 1. The van der Waals surface area contributed by atoms with E-state index < -0.39 is 26.5 Å². The molecular formula is C42H56N6O7S. The molecule has 1 spiro atoms. The summed E-state index contributed by atoms with van der Waals surface area (Å²) >= 11 is 0. The van der Waals surface area contributed by atoms with Gasteiger partial charge in [0.1, 0.15) is 11.4 Å². The lowest BCUT2D eigenvalue weighted by Crippen LogP contribution is -2.59. The van der Waals surface area contributed by atoms with Gasteiger partial charge in [-0.1, -0.05) is 18.2 Å². The Labute approximate surface area is 330 Å². The molecule has 14 heteroatoms. The van der Waals surface area contributed by atoms with Crippen LogP contribution in [0.15, 0.2) is 71.6 Å². The van der Waals surface area contributed by atoms with E-state index in [0.717, 1.165) is 75.9 Å². The first-order valence-electron chi connectivity index (χ1n) is 20.1. The first-order valence-corrected chi connectivity index (χ1v) is 21.6. The minimum atomic E-state index is -4.39. The van der Waals surface area contributed by atoms with Gasteiger partial charge in [0.05, 0.1) is 27.6 Å². The van der Waals surface area contributed by atoms with Gasteiger partial charge in [0.2, 0.25) is 0 Å². The molecule has 4 N–H and O–H groups in total. The molecule has 2 saturated heterocycles. The summed E-state index contributed by atoms with van der Waals surface area (Å²) in [6, 6.07) is 19.8. The van der Waals surface area contributed by atoms with Crippen molar-refractivity contribution < 1.29 is 28.0 Å². The van der Waals surface area contributed by atoms with Gasteiger partial charge < -0.3 is 25.4 Å². The second kappa shape index (κ2) is 16.3. The number of piperidine rings is 1. The molecule has 0 aromatic heterocycles. The van der Waals surface area contributed by atoms with Crippen LogP contribution in [0.3, 0.4) is 0 Å². The second-order valence-electron chi connectivity index (χ2n) is 17.0. The molecule has 56 heavy (non-hydrogen) atoms. The number of nitrogens with zero attached hydrogens (tertiary/aromatic N) is 3. The third kappa shape index (κ3) is 8.98. The van der Waals surface area contributed by atoms with Crippen molar-refractivity contribution in [2.24, 2.45) is 11.3 Å². The minimum absolute atomic E-state index is 0.117. The molecule has 2 aliphatic carbocycles. The summed E-state index contributed by atoms with van der Waals surface area (Å²) in [7, 11) is -4.39. The number of nitro benzene ring substituents is 1. The summed E-state index contributed by atoms with van der Waals surface area (Å²) in [6.07, 6.45) is 7.57. The van der Waals surface area contributed by atoms with Crippen molar-refractivity contribution in [1.82, 2.24) is 14.9 Å². The van der Waals surface area contributed by atoms with Crippen LogP contribution in [0.2, 0.25) is 0 Å². The minimum Gasteiger partial charge on any atom is -0.491 e. The number of nitro groups is 1. The van der Waals surface area contributed by atoms with Crippen LogP contribution in [0.4, 0.5) is 17.1 Å². The lowest BCUT2D eigenvalue weighted by atomic mass is 9.59. The Bertz CT molecular complexity index is 1980. The standard InChI is InChI=1S/C42H56N6O7S/c1-29(2)55-39-7-5-4-6-35(39)38-28-43-20-23-47(38)33-25-42(26-33)18-21-46(22-19-42)32-10-8-31(9-11-32)40(49)45-56(53,54)34-12-13-36(37(24-34)48(51)52)44-27-30-14-16-41(3,50)17-15-30/h4-13,24,29-30,33,38,43-44,50H,14-23,25-28H2,1-3H3,(H,45,49)/t30?,38-,41?/m1/s1. The van der Waals surface area contributed by atoms with Gasteiger partial charge in [-0.15, -0.1) is 0 Å². The van der Waals surface area contributed by atoms with E-state index in [1.54, 1.807) is 12.1 Å². The average molecular weight is 789 g/mol. The van der Waals surface area contributed by atoms with Crippen molar-refractivity contribution in [3.8, 4) is 5.75 Å². The maximum absolute atomic E-state index is 13.2. The van der Waals surface area contributed by atoms with Crippen molar-refractivity contribution in [3.63, 3.8) is 0 Å². The zero-order valence-electron chi connectivity index (χ0n) is 32.7. The predicted molar refractivity (Wildman–Crippen MR) is 217 cm³/mol. The predicted octanol–water partition coefficient (Wildman–Crippen LogP) is 6.25. The van der Waals surface area contributed by atoms with E-state index >= 15 is 0 Å².